The molecule has 0 aliphatic carbocycles. The minimum absolute atomic E-state index is 0.00887. The third kappa shape index (κ3) is 3.53. The lowest BCUT2D eigenvalue weighted by atomic mass is 9.95. The standard InChI is InChI=1S/C11H15ClN2O/c1-14-11(15)6-9(7-13)8-3-2-4-10(12)5-8/h2-5,9H,6-7,13H2,1H3,(H,14,15). The van der Waals surface area contributed by atoms with Crippen molar-refractivity contribution in [3.63, 3.8) is 0 Å². The molecular formula is C11H15ClN2O. The molecule has 0 spiro atoms. The molecule has 1 unspecified atom stereocenters. The molecule has 0 heterocycles. The molecule has 4 heteroatoms. The van der Waals surface area contributed by atoms with E-state index in [0.29, 0.717) is 18.0 Å². The van der Waals surface area contributed by atoms with Crippen LogP contribution >= 0.6 is 11.6 Å². The molecule has 1 aromatic carbocycles. The fourth-order valence-corrected chi connectivity index (χ4v) is 1.62. The Morgan fingerprint density at radius 1 is 1.60 bits per heavy atom. The summed E-state index contributed by atoms with van der Waals surface area (Å²) in [4.78, 5) is 11.2. The molecule has 3 N–H and O–H groups in total. The van der Waals surface area contributed by atoms with Gasteiger partial charge in [-0.3, -0.25) is 4.79 Å². The van der Waals surface area contributed by atoms with Gasteiger partial charge in [0.05, 0.1) is 0 Å². The van der Waals surface area contributed by atoms with Gasteiger partial charge in [0, 0.05) is 24.4 Å². The summed E-state index contributed by atoms with van der Waals surface area (Å²) in [6.45, 7) is 0.438. The summed E-state index contributed by atoms with van der Waals surface area (Å²) in [5, 5.41) is 3.26. The fraction of sp³-hybridized carbons (Fsp3) is 0.364. The van der Waals surface area contributed by atoms with Crippen LogP contribution < -0.4 is 11.1 Å². The van der Waals surface area contributed by atoms with Crippen molar-refractivity contribution < 1.29 is 4.79 Å². The first-order chi connectivity index (χ1) is 7.17. The molecule has 1 rings (SSSR count). The summed E-state index contributed by atoms with van der Waals surface area (Å²) in [6.07, 6.45) is 0.396. The van der Waals surface area contributed by atoms with Crippen LogP contribution in [0.2, 0.25) is 5.02 Å². The second-order valence-corrected chi connectivity index (χ2v) is 3.80. The Bertz CT molecular complexity index is 341. The van der Waals surface area contributed by atoms with E-state index in [1.165, 1.54) is 0 Å². The SMILES string of the molecule is CNC(=O)CC(CN)c1cccc(Cl)c1. The first-order valence-corrected chi connectivity index (χ1v) is 5.21. The highest BCUT2D eigenvalue weighted by atomic mass is 35.5. The number of rotatable bonds is 4. The summed E-state index contributed by atoms with van der Waals surface area (Å²) in [5.74, 6) is 0.0223. The number of carbonyl (C=O) groups is 1. The second kappa shape index (κ2) is 5.73. The van der Waals surface area contributed by atoms with Gasteiger partial charge in [-0.25, -0.2) is 0 Å². The average molecular weight is 227 g/mol. The molecule has 0 aliphatic rings. The minimum Gasteiger partial charge on any atom is -0.359 e. The summed E-state index contributed by atoms with van der Waals surface area (Å²) in [6, 6.07) is 7.46. The molecule has 0 aromatic heterocycles. The van der Waals surface area contributed by atoms with Gasteiger partial charge in [-0.2, -0.15) is 0 Å². The quantitative estimate of drug-likeness (QED) is 0.818. The Kier molecular flexibility index (Phi) is 4.59. The number of carbonyl (C=O) groups excluding carboxylic acids is 1. The minimum atomic E-state index is -0.00887. The maximum Gasteiger partial charge on any atom is 0.220 e. The average Bonchev–Trinajstić information content (AvgIpc) is 2.25. The highest BCUT2D eigenvalue weighted by molar-refractivity contribution is 6.30. The van der Waals surface area contributed by atoms with Crippen LogP contribution in [0.5, 0.6) is 0 Å². The third-order valence-corrected chi connectivity index (χ3v) is 2.55. The molecule has 3 nitrogen and oxygen atoms in total. The molecule has 1 aromatic rings. The zero-order valence-electron chi connectivity index (χ0n) is 8.66. The lowest BCUT2D eigenvalue weighted by molar-refractivity contribution is -0.120. The third-order valence-electron chi connectivity index (χ3n) is 2.32. The molecule has 0 radical (unpaired) electrons. The second-order valence-electron chi connectivity index (χ2n) is 3.36. The van der Waals surface area contributed by atoms with Crippen LogP contribution in [0.1, 0.15) is 17.9 Å². The Morgan fingerprint density at radius 3 is 2.87 bits per heavy atom. The van der Waals surface area contributed by atoms with Gasteiger partial charge in [-0.1, -0.05) is 23.7 Å². The predicted molar refractivity (Wildman–Crippen MR) is 61.9 cm³/mol. The molecular weight excluding hydrogens is 212 g/mol. The number of hydrogen-bond acceptors (Lipinski definition) is 2. The molecule has 0 bridgehead atoms. The van der Waals surface area contributed by atoms with Crippen molar-refractivity contribution >= 4 is 17.5 Å². The zero-order valence-corrected chi connectivity index (χ0v) is 9.42. The van der Waals surface area contributed by atoms with Crippen LogP contribution in [0.4, 0.5) is 0 Å². The lowest BCUT2D eigenvalue weighted by Gasteiger charge is -2.14. The number of halogens is 1. The fourth-order valence-electron chi connectivity index (χ4n) is 1.42. The van der Waals surface area contributed by atoms with Gasteiger partial charge in [0.2, 0.25) is 5.91 Å². The van der Waals surface area contributed by atoms with Gasteiger partial charge in [-0.15, -0.1) is 0 Å². The molecule has 0 fully saturated rings. The number of nitrogens with two attached hydrogens (primary N) is 1. The van der Waals surface area contributed by atoms with E-state index < -0.39 is 0 Å². The van der Waals surface area contributed by atoms with Gasteiger partial charge in [0.25, 0.3) is 0 Å². The highest BCUT2D eigenvalue weighted by Gasteiger charge is 2.13. The van der Waals surface area contributed by atoms with Crippen LogP contribution in [-0.4, -0.2) is 19.5 Å². The van der Waals surface area contributed by atoms with Gasteiger partial charge < -0.3 is 11.1 Å². The van der Waals surface area contributed by atoms with E-state index in [4.69, 9.17) is 17.3 Å². The maximum absolute atomic E-state index is 11.2. The van der Waals surface area contributed by atoms with Crippen molar-refractivity contribution in [3.05, 3.63) is 34.9 Å². The summed E-state index contributed by atoms with van der Waals surface area (Å²) >= 11 is 5.87. The first-order valence-electron chi connectivity index (χ1n) is 4.83. The number of nitrogens with one attached hydrogen (secondary N) is 1. The Morgan fingerprint density at radius 2 is 2.33 bits per heavy atom. The van der Waals surface area contributed by atoms with E-state index in [9.17, 15) is 4.79 Å². The van der Waals surface area contributed by atoms with E-state index in [0.717, 1.165) is 5.56 Å². The van der Waals surface area contributed by atoms with E-state index in [1.807, 2.05) is 18.2 Å². The number of benzene rings is 1. The molecule has 1 amide bonds. The molecule has 1 atom stereocenters. The summed E-state index contributed by atoms with van der Waals surface area (Å²) < 4.78 is 0. The first kappa shape index (κ1) is 12.0. The van der Waals surface area contributed by atoms with Crippen molar-refractivity contribution in [2.24, 2.45) is 5.73 Å². The van der Waals surface area contributed by atoms with Crippen LogP contribution in [0.15, 0.2) is 24.3 Å². The summed E-state index contributed by atoms with van der Waals surface area (Å²) in [5.41, 5.74) is 6.64. The van der Waals surface area contributed by atoms with E-state index in [2.05, 4.69) is 5.32 Å². The zero-order chi connectivity index (χ0) is 11.3. The number of amides is 1. The van der Waals surface area contributed by atoms with Crippen molar-refractivity contribution in [1.29, 1.82) is 0 Å². The van der Waals surface area contributed by atoms with E-state index in [1.54, 1.807) is 13.1 Å². The maximum atomic E-state index is 11.2. The Balaban J connectivity index is 2.78. The smallest absolute Gasteiger partial charge is 0.220 e. The molecule has 82 valence electrons. The van der Waals surface area contributed by atoms with Crippen LogP contribution in [0.25, 0.3) is 0 Å². The van der Waals surface area contributed by atoms with Crippen LogP contribution in [-0.2, 0) is 4.79 Å². The van der Waals surface area contributed by atoms with Gasteiger partial charge in [-0.05, 0) is 24.2 Å². The van der Waals surface area contributed by atoms with Gasteiger partial charge in [0.15, 0.2) is 0 Å². The highest BCUT2D eigenvalue weighted by Crippen LogP contribution is 2.21. The monoisotopic (exact) mass is 226 g/mol. The number of hydrogen-bond donors (Lipinski definition) is 2. The molecule has 15 heavy (non-hydrogen) atoms. The molecule has 0 saturated heterocycles. The van der Waals surface area contributed by atoms with Crippen molar-refractivity contribution in [2.75, 3.05) is 13.6 Å². The van der Waals surface area contributed by atoms with Gasteiger partial charge in [0.1, 0.15) is 0 Å². The van der Waals surface area contributed by atoms with Crippen LogP contribution in [0.3, 0.4) is 0 Å². The van der Waals surface area contributed by atoms with E-state index in [-0.39, 0.29) is 11.8 Å². The van der Waals surface area contributed by atoms with E-state index >= 15 is 0 Å². The topological polar surface area (TPSA) is 55.1 Å². The normalized spacial score (nSPS) is 12.2. The molecule has 0 aliphatic heterocycles. The van der Waals surface area contributed by atoms with Crippen molar-refractivity contribution in [3.8, 4) is 0 Å². The summed E-state index contributed by atoms with van der Waals surface area (Å²) in [7, 11) is 1.62. The van der Waals surface area contributed by atoms with Crippen LogP contribution in [0, 0.1) is 0 Å². The largest absolute Gasteiger partial charge is 0.359 e. The van der Waals surface area contributed by atoms with Crippen molar-refractivity contribution in [2.45, 2.75) is 12.3 Å². The Hall–Kier alpha value is -1.06. The lowest BCUT2D eigenvalue weighted by Crippen LogP contribution is -2.24. The molecule has 0 saturated carbocycles. The predicted octanol–water partition coefficient (Wildman–Crippen LogP) is 1.52. The Labute approximate surface area is 94.6 Å². The van der Waals surface area contributed by atoms with Crippen molar-refractivity contribution in [1.82, 2.24) is 5.32 Å². The van der Waals surface area contributed by atoms with Gasteiger partial charge >= 0.3 is 0 Å².